The van der Waals surface area contributed by atoms with Crippen molar-refractivity contribution in [2.75, 3.05) is 19.1 Å². The third kappa shape index (κ3) is 9.36. The molecule has 0 bridgehead atoms. The van der Waals surface area contributed by atoms with E-state index in [0.717, 1.165) is 44.7 Å². The normalized spacial score (nSPS) is 13.8. The number of nitrogens with zero attached hydrogens (tertiary/aromatic N) is 4. The number of hydrogen-bond donors (Lipinski definition) is 1. The van der Waals surface area contributed by atoms with Gasteiger partial charge in [0.2, 0.25) is 25.7 Å². The van der Waals surface area contributed by atoms with Crippen molar-refractivity contribution < 1.29 is 26.4 Å². The molecule has 11 nitrogen and oxygen atoms in total. The largest absolute Gasteiger partial charge is 0.442 e. The number of imidazole rings is 1. The van der Waals surface area contributed by atoms with E-state index >= 15 is 0 Å². The first-order valence-corrected chi connectivity index (χ1v) is 18.2. The summed E-state index contributed by atoms with van der Waals surface area (Å²) in [5.41, 5.74) is 4.83. The van der Waals surface area contributed by atoms with E-state index in [0.29, 0.717) is 12.1 Å². The lowest BCUT2D eigenvalue weighted by atomic mass is 10.0. The zero-order valence-corrected chi connectivity index (χ0v) is 28.3. The van der Waals surface area contributed by atoms with Gasteiger partial charge < -0.3 is 13.9 Å². The standard InChI is InChI=1S/C32H41N5O6S2/c1-23-12-16-25(17-13-23)20-27(22-36(45(7,41)42)34-44(6,39)40)37-29-11-9-8-10-28(29)35(21-26-18-14-24(2)15-19-26)30(37)33-31(38)43-32(3,4)5/h8-19,27,34H,20-22H2,1-7H3. The highest BCUT2D eigenvalue weighted by Gasteiger charge is 2.29. The highest BCUT2D eigenvalue weighted by molar-refractivity contribution is 7.91. The Morgan fingerprint density at radius 1 is 0.867 bits per heavy atom. The lowest BCUT2D eigenvalue weighted by Crippen LogP contribution is -2.49. The molecule has 1 N–H and O–H groups in total. The number of sulfonamides is 2. The summed E-state index contributed by atoms with van der Waals surface area (Å²) in [6, 6.07) is 22.5. The van der Waals surface area contributed by atoms with Crippen LogP contribution in [0.5, 0.6) is 0 Å². The van der Waals surface area contributed by atoms with Gasteiger partial charge in [-0.25, -0.2) is 21.6 Å². The summed E-state index contributed by atoms with van der Waals surface area (Å²) in [5, 5.41) is 0. The molecular formula is C32H41N5O6S2. The second-order valence-corrected chi connectivity index (χ2v) is 16.0. The molecule has 0 aliphatic rings. The maximum Gasteiger partial charge on any atom is 0.437 e. The molecule has 242 valence electrons. The molecule has 4 rings (SSSR count). The molecule has 1 amide bonds. The van der Waals surface area contributed by atoms with E-state index < -0.39 is 37.8 Å². The van der Waals surface area contributed by atoms with Gasteiger partial charge in [-0.1, -0.05) is 71.8 Å². The monoisotopic (exact) mass is 655 g/mol. The molecule has 45 heavy (non-hydrogen) atoms. The smallest absolute Gasteiger partial charge is 0.437 e. The summed E-state index contributed by atoms with van der Waals surface area (Å²) in [5.74, 6) is 0. The molecule has 0 spiro atoms. The van der Waals surface area contributed by atoms with Gasteiger partial charge in [-0.3, -0.25) is 0 Å². The van der Waals surface area contributed by atoms with Crippen LogP contribution in [0.25, 0.3) is 11.0 Å². The van der Waals surface area contributed by atoms with Gasteiger partial charge >= 0.3 is 6.09 Å². The molecule has 0 aliphatic heterocycles. The zero-order valence-electron chi connectivity index (χ0n) is 26.7. The molecule has 0 saturated carbocycles. The van der Waals surface area contributed by atoms with Crippen molar-refractivity contribution in [3.8, 4) is 0 Å². The number of fused-ring (bicyclic) bond motifs is 1. The van der Waals surface area contributed by atoms with Gasteiger partial charge in [-0.2, -0.15) is 0 Å². The lowest BCUT2D eigenvalue weighted by Gasteiger charge is -2.27. The van der Waals surface area contributed by atoms with Crippen LogP contribution in [0.15, 0.2) is 77.8 Å². The fourth-order valence-corrected chi connectivity index (χ4v) is 6.80. The fraction of sp³-hybridized carbons (Fsp3) is 0.375. The van der Waals surface area contributed by atoms with Gasteiger partial charge in [0.15, 0.2) is 0 Å². The predicted molar refractivity (Wildman–Crippen MR) is 175 cm³/mol. The molecule has 4 aromatic rings. The zero-order chi connectivity index (χ0) is 33.2. The Morgan fingerprint density at radius 3 is 1.91 bits per heavy atom. The summed E-state index contributed by atoms with van der Waals surface area (Å²) in [6.45, 7) is 9.27. The minimum absolute atomic E-state index is 0.232. The predicted octanol–water partition coefficient (Wildman–Crippen LogP) is 4.45. The highest BCUT2D eigenvalue weighted by atomic mass is 32.2. The Kier molecular flexibility index (Phi) is 10.1. The van der Waals surface area contributed by atoms with Gasteiger partial charge in [0.25, 0.3) is 0 Å². The number of para-hydroxylation sites is 2. The van der Waals surface area contributed by atoms with Gasteiger partial charge in [0, 0.05) is 0 Å². The maximum atomic E-state index is 13.3. The highest BCUT2D eigenvalue weighted by Crippen LogP contribution is 2.24. The topological polar surface area (TPSA) is 132 Å². The van der Waals surface area contributed by atoms with E-state index in [2.05, 4.69) is 9.82 Å². The minimum Gasteiger partial charge on any atom is -0.442 e. The van der Waals surface area contributed by atoms with E-state index in [1.807, 2.05) is 91.2 Å². The number of ether oxygens (including phenoxy) is 1. The Bertz CT molecular complexity index is 1960. The molecular weight excluding hydrogens is 615 g/mol. The Balaban J connectivity index is 2.03. The third-order valence-electron chi connectivity index (χ3n) is 6.94. The van der Waals surface area contributed by atoms with Crippen LogP contribution in [-0.2, 0) is 37.7 Å². The summed E-state index contributed by atoms with van der Waals surface area (Å²) < 4.78 is 60.4. The van der Waals surface area contributed by atoms with E-state index in [1.165, 1.54) is 0 Å². The number of aryl methyl sites for hydroxylation is 2. The van der Waals surface area contributed by atoms with Crippen LogP contribution < -0.4 is 10.4 Å². The maximum absolute atomic E-state index is 13.3. The molecule has 0 saturated heterocycles. The molecule has 1 heterocycles. The van der Waals surface area contributed by atoms with Gasteiger partial charge in [-0.15, -0.1) is 14.2 Å². The quantitative estimate of drug-likeness (QED) is 0.251. The number of benzene rings is 3. The SMILES string of the molecule is Cc1ccc(CC(CN(NS(C)(=O)=O)S(C)(=O)=O)n2c(=NC(=O)OC(C)(C)C)n(Cc3ccc(C)cc3)c3ccccc32)cc1. The number of rotatable bonds is 10. The molecule has 1 unspecified atom stereocenters. The Morgan fingerprint density at radius 2 is 1.40 bits per heavy atom. The molecule has 1 aromatic heterocycles. The molecule has 0 radical (unpaired) electrons. The van der Waals surface area contributed by atoms with Gasteiger partial charge in [-0.05, 0) is 64.3 Å². The third-order valence-corrected chi connectivity index (χ3v) is 8.65. The number of amides is 1. The molecule has 0 fully saturated rings. The van der Waals surface area contributed by atoms with Crippen molar-refractivity contribution >= 4 is 37.2 Å². The van der Waals surface area contributed by atoms with Crippen molar-refractivity contribution in [2.24, 2.45) is 4.99 Å². The van der Waals surface area contributed by atoms with Crippen LogP contribution in [-0.4, -0.2) is 61.1 Å². The van der Waals surface area contributed by atoms with E-state index in [9.17, 15) is 21.6 Å². The number of hydrogen-bond acceptors (Lipinski definition) is 6. The van der Waals surface area contributed by atoms with Crippen molar-refractivity contribution in [1.82, 2.24) is 18.4 Å². The van der Waals surface area contributed by atoms with Crippen LogP contribution in [0.1, 0.15) is 49.1 Å². The van der Waals surface area contributed by atoms with Crippen LogP contribution in [0, 0.1) is 13.8 Å². The lowest BCUT2D eigenvalue weighted by molar-refractivity contribution is 0.0593. The summed E-state index contributed by atoms with van der Waals surface area (Å²) in [7, 11) is -8.02. The first-order chi connectivity index (χ1) is 20.9. The van der Waals surface area contributed by atoms with Crippen molar-refractivity contribution in [3.05, 3.63) is 101 Å². The van der Waals surface area contributed by atoms with Crippen LogP contribution >= 0.6 is 0 Å². The number of hydrazine groups is 1. The first-order valence-electron chi connectivity index (χ1n) is 14.4. The number of carbonyl (C=O) groups excluding carboxylic acids is 1. The second-order valence-electron chi connectivity index (χ2n) is 12.3. The average molecular weight is 656 g/mol. The molecule has 0 aliphatic carbocycles. The first kappa shape index (κ1) is 34.1. The number of nitrogens with one attached hydrogen (secondary N) is 1. The average Bonchev–Trinajstić information content (AvgIpc) is 3.20. The Hall–Kier alpha value is -3.78. The summed E-state index contributed by atoms with van der Waals surface area (Å²) in [4.78, 5) is 19.9. The van der Waals surface area contributed by atoms with Crippen molar-refractivity contribution in [3.63, 3.8) is 0 Å². The van der Waals surface area contributed by atoms with E-state index in [-0.39, 0.29) is 18.6 Å². The van der Waals surface area contributed by atoms with Crippen LogP contribution in [0.4, 0.5) is 4.79 Å². The number of carbonyl (C=O) groups is 1. The number of aromatic nitrogens is 2. The van der Waals surface area contributed by atoms with Gasteiger partial charge in [0.05, 0.1) is 42.7 Å². The van der Waals surface area contributed by atoms with Gasteiger partial charge in [0.1, 0.15) is 5.60 Å². The molecule has 13 heteroatoms. The second kappa shape index (κ2) is 13.3. The summed E-state index contributed by atoms with van der Waals surface area (Å²) >= 11 is 0. The Labute approximate surface area is 265 Å². The van der Waals surface area contributed by atoms with Crippen LogP contribution in [0.3, 0.4) is 0 Å². The van der Waals surface area contributed by atoms with Crippen molar-refractivity contribution in [2.45, 2.75) is 59.2 Å². The minimum atomic E-state index is -4.06. The summed E-state index contributed by atoms with van der Waals surface area (Å²) in [6.07, 6.45) is 1.31. The van der Waals surface area contributed by atoms with Crippen molar-refractivity contribution in [1.29, 1.82) is 0 Å². The molecule has 3 aromatic carbocycles. The van der Waals surface area contributed by atoms with Crippen LogP contribution in [0.2, 0.25) is 0 Å². The fourth-order valence-electron chi connectivity index (χ4n) is 4.96. The van der Waals surface area contributed by atoms with E-state index in [1.54, 1.807) is 25.3 Å². The van der Waals surface area contributed by atoms with E-state index in [4.69, 9.17) is 4.74 Å². The molecule has 1 atom stereocenters.